The second-order valence-corrected chi connectivity index (χ2v) is 10.0. The molecule has 0 spiro atoms. The van der Waals surface area contributed by atoms with Gasteiger partial charge in [0.1, 0.15) is 17.6 Å². The maximum atomic E-state index is 13.5. The molecule has 1 N–H and O–H groups in total. The standard InChI is InChI=1S/C26H28FN3O4S/c1-34-23-11-9-22(10-12-23)29-15-17-30(18-16-29)26(31)25(19-20-5-3-2-4-6-20)28-35(32,33)24-13-7-21(27)8-14-24/h2-14,25,28H,15-19H2,1H3. The number of rotatable bonds is 8. The number of carbonyl (C=O) groups is 1. The van der Waals surface area contributed by atoms with Gasteiger partial charge in [0, 0.05) is 31.9 Å². The fourth-order valence-corrected chi connectivity index (χ4v) is 5.29. The third-order valence-electron chi connectivity index (χ3n) is 6.03. The van der Waals surface area contributed by atoms with Crippen LogP contribution in [-0.2, 0) is 21.2 Å². The Hall–Kier alpha value is -3.43. The number of ether oxygens (including phenoxy) is 1. The van der Waals surface area contributed by atoms with Gasteiger partial charge < -0.3 is 14.5 Å². The van der Waals surface area contributed by atoms with Crippen molar-refractivity contribution >= 4 is 21.6 Å². The summed E-state index contributed by atoms with van der Waals surface area (Å²) < 4.78 is 47.1. The number of anilines is 1. The van der Waals surface area contributed by atoms with Gasteiger partial charge in [-0.05, 0) is 60.5 Å². The summed E-state index contributed by atoms with van der Waals surface area (Å²) in [7, 11) is -2.41. The molecule has 35 heavy (non-hydrogen) atoms. The molecule has 0 aliphatic carbocycles. The summed E-state index contributed by atoms with van der Waals surface area (Å²) in [5.41, 5.74) is 1.88. The lowest BCUT2D eigenvalue weighted by atomic mass is 10.1. The minimum Gasteiger partial charge on any atom is -0.497 e. The van der Waals surface area contributed by atoms with E-state index < -0.39 is 21.9 Å². The van der Waals surface area contributed by atoms with Crippen LogP contribution in [0.2, 0.25) is 0 Å². The van der Waals surface area contributed by atoms with Crippen molar-refractivity contribution in [1.29, 1.82) is 0 Å². The molecule has 1 aliphatic heterocycles. The lowest BCUT2D eigenvalue weighted by Crippen LogP contribution is -2.55. The molecule has 1 fully saturated rings. The number of halogens is 1. The Kier molecular flexibility index (Phi) is 7.67. The van der Waals surface area contributed by atoms with Gasteiger partial charge in [-0.2, -0.15) is 4.72 Å². The van der Waals surface area contributed by atoms with E-state index in [1.165, 1.54) is 12.1 Å². The number of benzene rings is 3. The minimum absolute atomic E-state index is 0.0888. The van der Waals surface area contributed by atoms with Crippen LogP contribution in [0.25, 0.3) is 0 Å². The molecule has 1 aliphatic rings. The van der Waals surface area contributed by atoms with Crippen LogP contribution < -0.4 is 14.4 Å². The molecule has 0 bridgehead atoms. The Morgan fingerprint density at radius 2 is 1.57 bits per heavy atom. The highest BCUT2D eigenvalue weighted by Gasteiger charge is 2.31. The Balaban J connectivity index is 1.48. The van der Waals surface area contributed by atoms with Crippen molar-refractivity contribution in [2.45, 2.75) is 17.4 Å². The SMILES string of the molecule is COc1ccc(N2CCN(C(=O)C(Cc3ccccc3)NS(=O)(=O)c3ccc(F)cc3)CC2)cc1. The third kappa shape index (κ3) is 6.17. The summed E-state index contributed by atoms with van der Waals surface area (Å²) >= 11 is 0. The Labute approximate surface area is 205 Å². The summed E-state index contributed by atoms with van der Waals surface area (Å²) in [5.74, 6) is -0.0377. The Morgan fingerprint density at radius 1 is 0.943 bits per heavy atom. The number of hydrogen-bond donors (Lipinski definition) is 1. The van der Waals surface area contributed by atoms with Gasteiger partial charge in [0.2, 0.25) is 15.9 Å². The van der Waals surface area contributed by atoms with Gasteiger partial charge >= 0.3 is 0 Å². The van der Waals surface area contributed by atoms with E-state index in [4.69, 9.17) is 4.74 Å². The van der Waals surface area contributed by atoms with E-state index in [-0.39, 0.29) is 17.2 Å². The largest absolute Gasteiger partial charge is 0.497 e. The van der Waals surface area contributed by atoms with Gasteiger partial charge in [-0.15, -0.1) is 0 Å². The molecular weight excluding hydrogens is 469 g/mol. The van der Waals surface area contributed by atoms with Gasteiger partial charge in [0.15, 0.2) is 0 Å². The lowest BCUT2D eigenvalue weighted by Gasteiger charge is -2.37. The van der Waals surface area contributed by atoms with E-state index in [0.29, 0.717) is 26.2 Å². The van der Waals surface area contributed by atoms with Crippen molar-refractivity contribution in [3.63, 3.8) is 0 Å². The molecule has 184 valence electrons. The van der Waals surface area contributed by atoms with Crippen LogP contribution in [0.3, 0.4) is 0 Å². The van der Waals surface area contributed by atoms with E-state index >= 15 is 0 Å². The number of sulfonamides is 1. The summed E-state index contributed by atoms with van der Waals surface area (Å²) in [4.78, 5) is 17.3. The highest BCUT2D eigenvalue weighted by Crippen LogP contribution is 2.21. The van der Waals surface area contributed by atoms with E-state index in [9.17, 15) is 17.6 Å². The van der Waals surface area contributed by atoms with Gasteiger partial charge in [-0.1, -0.05) is 30.3 Å². The maximum Gasteiger partial charge on any atom is 0.241 e. The number of nitrogens with zero attached hydrogens (tertiary/aromatic N) is 2. The molecule has 1 amide bonds. The van der Waals surface area contributed by atoms with Crippen LogP contribution in [0.4, 0.5) is 10.1 Å². The first-order valence-corrected chi connectivity index (χ1v) is 12.8. The van der Waals surface area contributed by atoms with Crippen LogP contribution in [0.1, 0.15) is 5.56 Å². The molecule has 0 radical (unpaired) electrons. The number of nitrogens with one attached hydrogen (secondary N) is 1. The second kappa shape index (κ2) is 10.9. The molecule has 7 nitrogen and oxygen atoms in total. The number of amides is 1. The fraction of sp³-hybridized carbons (Fsp3) is 0.269. The van der Waals surface area contributed by atoms with Crippen molar-refractivity contribution < 1.29 is 22.3 Å². The van der Waals surface area contributed by atoms with Crippen molar-refractivity contribution in [2.24, 2.45) is 0 Å². The molecule has 1 heterocycles. The number of piperazine rings is 1. The number of methoxy groups -OCH3 is 1. The van der Waals surface area contributed by atoms with Crippen LogP contribution in [0, 0.1) is 5.82 Å². The zero-order valence-corrected chi connectivity index (χ0v) is 20.2. The average molecular weight is 498 g/mol. The van der Waals surface area contributed by atoms with Crippen LogP contribution in [0.5, 0.6) is 5.75 Å². The number of carbonyl (C=O) groups excluding carboxylic acids is 1. The quantitative estimate of drug-likeness (QED) is 0.518. The summed E-state index contributed by atoms with van der Waals surface area (Å²) in [5, 5.41) is 0. The topological polar surface area (TPSA) is 79.0 Å². The van der Waals surface area contributed by atoms with Gasteiger partial charge in [-0.3, -0.25) is 4.79 Å². The first-order chi connectivity index (χ1) is 16.9. The normalized spacial score (nSPS) is 15.0. The molecule has 0 saturated carbocycles. The van der Waals surface area contributed by atoms with Crippen molar-refractivity contribution in [2.75, 3.05) is 38.2 Å². The van der Waals surface area contributed by atoms with Crippen LogP contribution in [0.15, 0.2) is 83.8 Å². The van der Waals surface area contributed by atoms with E-state index in [1.807, 2.05) is 54.6 Å². The molecule has 3 aromatic carbocycles. The number of hydrogen-bond acceptors (Lipinski definition) is 5. The molecular formula is C26H28FN3O4S. The predicted molar refractivity (Wildman–Crippen MR) is 132 cm³/mol. The van der Waals surface area contributed by atoms with E-state index in [1.54, 1.807) is 12.0 Å². The lowest BCUT2D eigenvalue weighted by molar-refractivity contribution is -0.133. The highest BCUT2D eigenvalue weighted by molar-refractivity contribution is 7.89. The maximum absolute atomic E-state index is 13.5. The van der Waals surface area contributed by atoms with Crippen molar-refractivity contribution in [3.8, 4) is 5.75 Å². The summed E-state index contributed by atoms with van der Waals surface area (Å²) in [6.07, 6.45) is 0.207. The molecule has 1 saturated heterocycles. The van der Waals surface area contributed by atoms with Gasteiger partial charge in [0.05, 0.1) is 12.0 Å². The molecule has 3 aromatic rings. The third-order valence-corrected chi connectivity index (χ3v) is 7.52. The zero-order chi connectivity index (χ0) is 24.8. The van der Waals surface area contributed by atoms with E-state index in [0.717, 1.165) is 29.1 Å². The second-order valence-electron chi connectivity index (χ2n) is 8.33. The molecule has 0 aromatic heterocycles. The summed E-state index contributed by atoms with van der Waals surface area (Å²) in [6, 6.07) is 20.6. The van der Waals surface area contributed by atoms with Crippen molar-refractivity contribution in [1.82, 2.24) is 9.62 Å². The molecule has 4 rings (SSSR count). The smallest absolute Gasteiger partial charge is 0.241 e. The minimum atomic E-state index is -4.03. The zero-order valence-electron chi connectivity index (χ0n) is 19.4. The monoisotopic (exact) mass is 497 g/mol. The first kappa shape index (κ1) is 24.7. The van der Waals surface area contributed by atoms with Crippen LogP contribution in [-0.4, -0.2) is 58.6 Å². The Bertz CT molecular complexity index is 1230. The van der Waals surface area contributed by atoms with Gasteiger partial charge in [-0.25, -0.2) is 12.8 Å². The predicted octanol–water partition coefficient (Wildman–Crippen LogP) is 3.07. The first-order valence-electron chi connectivity index (χ1n) is 11.4. The van der Waals surface area contributed by atoms with Gasteiger partial charge in [0.25, 0.3) is 0 Å². The van der Waals surface area contributed by atoms with Crippen LogP contribution >= 0.6 is 0 Å². The molecule has 1 atom stereocenters. The summed E-state index contributed by atoms with van der Waals surface area (Å²) in [6.45, 7) is 2.19. The fourth-order valence-electron chi connectivity index (χ4n) is 4.10. The van der Waals surface area contributed by atoms with Crippen molar-refractivity contribution in [3.05, 3.63) is 90.2 Å². The molecule has 9 heteroatoms. The average Bonchev–Trinajstić information content (AvgIpc) is 2.89. The highest BCUT2D eigenvalue weighted by atomic mass is 32.2. The Morgan fingerprint density at radius 3 is 2.17 bits per heavy atom. The van der Waals surface area contributed by atoms with E-state index in [2.05, 4.69) is 9.62 Å². The molecule has 1 unspecified atom stereocenters.